The summed E-state index contributed by atoms with van der Waals surface area (Å²) in [6.45, 7) is 0.560. The average Bonchev–Trinajstić information content (AvgIpc) is 2.29. The third-order valence-corrected chi connectivity index (χ3v) is 4.96. The van der Waals surface area contributed by atoms with E-state index in [1.807, 2.05) is 0 Å². The van der Waals surface area contributed by atoms with E-state index < -0.39 is 15.6 Å². The van der Waals surface area contributed by atoms with Gasteiger partial charge in [-0.1, -0.05) is 0 Å². The first-order valence-electron chi connectivity index (χ1n) is 6.35. The Morgan fingerprint density at radius 1 is 1.33 bits per heavy atom. The highest BCUT2D eigenvalue weighted by atomic mass is 32.2. The van der Waals surface area contributed by atoms with Crippen LogP contribution >= 0.6 is 0 Å². The van der Waals surface area contributed by atoms with E-state index in [0.717, 1.165) is 25.7 Å². The van der Waals surface area contributed by atoms with Crippen LogP contribution in [0.2, 0.25) is 0 Å². The number of sulfone groups is 1. The maximum Gasteiger partial charge on any atom is 0.170 e. The molecule has 108 valence electrons. The summed E-state index contributed by atoms with van der Waals surface area (Å²) >= 11 is 0. The minimum Gasteiger partial charge on any atom is -0.353 e. The Bertz CT molecular complexity index is 351. The van der Waals surface area contributed by atoms with Crippen molar-refractivity contribution in [3.05, 3.63) is 0 Å². The summed E-state index contributed by atoms with van der Waals surface area (Å²) < 4.78 is 33.8. The van der Waals surface area contributed by atoms with Crippen molar-refractivity contribution < 1.29 is 17.9 Å². The van der Waals surface area contributed by atoms with E-state index in [1.165, 1.54) is 6.26 Å². The van der Waals surface area contributed by atoms with Gasteiger partial charge in [0.2, 0.25) is 0 Å². The summed E-state index contributed by atoms with van der Waals surface area (Å²) in [4.78, 5) is 0. The Hall–Kier alpha value is -0.170. The number of rotatable bonds is 6. The molecule has 18 heavy (non-hydrogen) atoms. The van der Waals surface area contributed by atoms with Crippen molar-refractivity contribution in [1.29, 1.82) is 0 Å². The highest BCUT2D eigenvalue weighted by Gasteiger charge is 2.44. The molecule has 0 aliphatic heterocycles. The number of nitrogens with two attached hydrogens (primary N) is 1. The molecule has 0 radical (unpaired) electrons. The molecule has 2 unspecified atom stereocenters. The molecule has 0 bridgehead atoms. The van der Waals surface area contributed by atoms with E-state index in [0.29, 0.717) is 6.54 Å². The van der Waals surface area contributed by atoms with Crippen LogP contribution in [0.1, 0.15) is 25.7 Å². The second-order valence-electron chi connectivity index (χ2n) is 5.23. The Labute approximate surface area is 110 Å². The van der Waals surface area contributed by atoms with Gasteiger partial charge in [-0.15, -0.1) is 0 Å². The van der Waals surface area contributed by atoms with E-state index in [2.05, 4.69) is 0 Å². The molecular formula is C12H25NO4S. The summed E-state index contributed by atoms with van der Waals surface area (Å²) in [7, 11) is 0.360. The van der Waals surface area contributed by atoms with Crippen LogP contribution in [0.5, 0.6) is 0 Å². The fraction of sp³-hybridized carbons (Fsp3) is 1.00. The van der Waals surface area contributed by atoms with Gasteiger partial charge >= 0.3 is 0 Å². The Morgan fingerprint density at radius 2 is 1.94 bits per heavy atom. The van der Waals surface area contributed by atoms with Gasteiger partial charge in [0.05, 0.1) is 5.75 Å². The quantitative estimate of drug-likeness (QED) is 0.727. The second-order valence-corrected chi connectivity index (χ2v) is 7.41. The van der Waals surface area contributed by atoms with Crippen LogP contribution in [0.4, 0.5) is 0 Å². The van der Waals surface area contributed by atoms with Crippen molar-refractivity contribution in [3.63, 3.8) is 0 Å². The first-order chi connectivity index (χ1) is 8.37. The highest BCUT2D eigenvalue weighted by molar-refractivity contribution is 7.90. The lowest BCUT2D eigenvalue weighted by Gasteiger charge is -2.44. The summed E-state index contributed by atoms with van der Waals surface area (Å²) in [5, 5.41) is 0. The van der Waals surface area contributed by atoms with Crippen LogP contribution in [0, 0.1) is 11.8 Å². The molecule has 1 aliphatic rings. The molecule has 0 aromatic heterocycles. The predicted octanol–water partition coefficient (Wildman–Crippen LogP) is 0.785. The van der Waals surface area contributed by atoms with Crippen molar-refractivity contribution in [2.75, 3.05) is 32.8 Å². The second kappa shape index (κ2) is 6.32. The van der Waals surface area contributed by atoms with Gasteiger partial charge < -0.3 is 15.2 Å². The molecule has 0 spiro atoms. The van der Waals surface area contributed by atoms with Crippen molar-refractivity contribution in [1.82, 2.24) is 0 Å². The highest BCUT2D eigenvalue weighted by Crippen LogP contribution is 2.41. The van der Waals surface area contributed by atoms with Gasteiger partial charge in [0.15, 0.2) is 5.79 Å². The van der Waals surface area contributed by atoms with Gasteiger partial charge in [-0.25, -0.2) is 8.42 Å². The number of methoxy groups -OCH3 is 2. The minimum absolute atomic E-state index is 0.165. The molecule has 0 heterocycles. The molecule has 2 N–H and O–H groups in total. The smallest absolute Gasteiger partial charge is 0.170 e. The third kappa shape index (κ3) is 3.91. The van der Waals surface area contributed by atoms with E-state index in [-0.39, 0.29) is 17.6 Å². The summed E-state index contributed by atoms with van der Waals surface area (Å²) in [5.41, 5.74) is 5.63. The lowest BCUT2D eigenvalue weighted by molar-refractivity contribution is -0.259. The van der Waals surface area contributed by atoms with Crippen LogP contribution in [0.25, 0.3) is 0 Å². The molecule has 1 aliphatic carbocycles. The van der Waals surface area contributed by atoms with Gasteiger partial charge in [0.1, 0.15) is 9.84 Å². The van der Waals surface area contributed by atoms with E-state index in [9.17, 15) is 8.42 Å². The molecule has 5 nitrogen and oxygen atoms in total. The van der Waals surface area contributed by atoms with Crippen LogP contribution in [0.3, 0.4) is 0 Å². The Kier molecular flexibility index (Phi) is 5.58. The lowest BCUT2D eigenvalue weighted by Crippen LogP contribution is -2.47. The van der Waals surface area contributed by atoms with Gasteiger partial charge in [0.25, 0.3) is 0 Å². The Morgan fingerprint density at radius 3 is 2.39 bits per heavy atom. The number of ether oxygens (including phenoxy) is 2. The van der Waals surface area contributed by atoms with Gasteiger partial charge in [-0.2, -0.15) is 0 Å². The van der Waals surface area contributed by atoms with Crippen LogP contribution in [0.15, 0.2) is 0 Å². The molecule has 0 amide bonds. The third-order valence-electron chi connectivity index (χ3n) is 3.89. The molecule has 0 saturated heterocycles. The summed E-state index contributed by atoms with van der Waals surface area (Å²) in [6, 6.07) is 0. The van der Waals surface area contributed by atoms with Crippen molar-refractivity contribution in [3.8, 4) is 0 Å². The van der Waals surface area contributed by atoms with Crippen LogP contribution in [-0.2, 0) is 19.3 Å². The molecule has 1 fully saturated rings. The first kappa shape index (κ1) is 15.9. The van der Waals surface area contributed by atoms with Crippen molar-refractivity contribution in [2.24, 2.45) is 17.6 Å². The lowest BCUT2D eigenvalue weighted by atomic mass is 9.76. The van der Waals surface area contributed by atoms with E-state index in [4.69, 9.17) is 15.2 Å². The topological polar surface area (TPSA) is 78.6 Å². The SMILES string of the molecule is COC1(OC)CCC(CS(C)(=O)=O)CC1CCN. The van der Waals surface area contributed by atoms with Gasteiger partial charge in [0, 0.05) is 32.8 Å². The molecule has 6 heteroatoms. The molecule has 0 aromatic rings. The molecule has 1 rings (SSSR count). The number of hydrogen-bond acceptors (Lipinski definition) is 5. The van der Waals surface area contributed by atoms with Crippen LogP contribution < -0.4 is 5.73 Å². The maximum atomic E-state index is 11.4. The Balaban J connectivity index is 2.76. The molecule has 0 aromatic carbocycles. The molecule has 1 saturated carbocycles. The molecular weight excluding hydrogens is 254 g/mol. The van der Waals surface area contributed by atoms with E-state index in [1.54, 1.807) is 14.2 Å². The normalized spacial score (nSPS) is 28.2. The minimum atomic E-state index is -2.93. The fourth-order valence-electron chi connectivity index (χ4n) is 3.05. The first-order valence-corrected chi connectivity index (χ1v) is 8.41. The van der Waals surface area contributed by atoms with Gasteiger partial charge in [-0.05, 0) is 31.7 Å². The number of hydrogen-bond donors (Lipinski definition) is 1. The largest absolute Gasteiger partial charge is 0.353 e. The zero-order valence-corrected chi connectivity index (χ0v) is 12.3. The maximum absolute atomic E-state index is 11.4. The monoisotopic (exact) mass is 279 g/mol. The predicted molar refractivity (Wildman–Crippen MR) is 71.0 cm³/mol. The average molecular weight is 279 g/mol. The van der Waals surface area contributed by atoms with Crippen molar-refractivity contribution in [2.45, 2.75) is 31.5 Å². The summed E-state index contributed by atoms with van der Waals surface area (Å²) in [5.74, 6) is 0.0123. The standard InChI is InChI=1S/C12H25NO4S/c1-16-12(17-2)6-4-10(9-18(3,14)15)8-11(12)5-7-13/h10-11H,4-9,13H2,1-3H3. The fourth-order valence-corrected chi connectivity index (χ4v) is 4.21. The van der Waals surface area contributed by atoms with Crippen LogP contribution in [-0.4, -0.2) is 47.0 Å². The van der Waals surface area contributed by atoms with E-state index >= 15 is 0 Å². The zero-order chi connectivity index (χ0) is 13.8. The molecule has 2 atom stereocenters. The van der Waals surface area contributed by atoms with Gasteiger partial charge in [-0.3, -0.25) is 0 Å². The van der Waals surface area contributed by atoms with Crippen molar-refractivity contribution >= 4 is 9.84 Å². The zero-order valence-electron chi connectivity index (χ0n) is 11.5. The summed E-state index contributed by atoms with van der Waals surface area (Å²) in [6.07, 6.45) is 4.42.